The van der Waals surface area contributed by atoms with Crippen LogP contribution >= 0.6 is 0 Å². The number of Topliss-reactive ketones (excluding diaryl/α,β-unsaturated/α-hetero) is 1. The Balaban J connectivity index is 2.27. The highest BCUT2D eigenvalue weighted by Gasteiger charge is 2.42. The Morgan fingerprint density at radius 3 is 2.57 bits per heavy atom. The number of aliphatic carboxylic acids is 1. The van der Waals surface area contributed by atoms with E-state index in [-0.39, 0.29) is 41.3 Å². The van der Waals surface area contributed by atoms with Crippen molar-refractivity contribution < 1.29 is 29.3 Å². The Kier molecular flexibility index (Phi) is 6.16. The molecule has 1 aromatic carbocycles. The van der Waals surface area contributed by atoms with Crippen LogP contribution in [0, 0.1) is 5.92 Å². The molecule has 0 amide bonds. The maximum absolute atomic E-state index is 13.1. The summed E-state index contributed by atoms with van der Waals surface area (Å²) in [5.41, 5.74) is 0.540. The molecule has 3 rings (SSSR count). The topological polar surface area (TPSA) is 93.1 Å². The second-order valence-corrected chi connectivity index (χ2v) is 9.01. The van der Waals surface area contributed by atoms with E-state index in [0.29, 0.717) is 23.3 Å². The number of fused-ring (bicyclic) bond motifs is 2. The predicted octanol–water partition coefficient (Wildman–Crippen LogP) is 5.31. The van der Waals surface area contributed by atoms with E-state index in [0.717, 1.165) is 19.3 Å². The van der Waals surface area contributed by atoms with Crippen molar-refractivity contribution in [3.8, 4) is 17.2 Å². The summed E-state index contributed by atoms with van der Waals surface area (Å²) in [7, 11) is 0. The Morgan fingerprint density at radius 2 is 1.93 bits per heavy atom. The summed E-state index contributed by atoms with van der Waals surface area (Å²) in [5, 5.41) is 20.6. The van der Waals surface area contributed by atoms with Crippen LogP contribution in [0.25, 0.3) is 6.08 Å². The lowest BCUT2D eigenvalue weighted by Crippen LogP contribution is -2.36. The number of hydrogen-bond acceptors (Lipinski definition) is 5. The van der Waals surface area contributed by atoms with E-state index in [1.54, 1.807) is 13.0 Å². The molecular formula is C24H32O6. The van der Waals surface area contributed by atoms with E-state index < -0.39 is 17.5 Å². The zero-order valence-corrected chi connectivity index (χ0v) is 18.4. The number of unbranched alkanes of at least 4 members (excludes halogenated alkanes) is 2. The minimum absolute atomic E-state index is 0.0949. The van der Waals surface area contributed by atoms with Crippen molar-refractivity contribution in [2.24, 2.45) is 5.92 Å². The molecule has 6 nitrogen and oxygen atoms in total. The summed E-state index contributed by atoms with van der Waals surface area (Å²) in [5.74, 6) is -1.33. The molecule has 0 fully saturated rings. The first-order valence-corrected chi connectivity index (χ1v) is 10.8. The van der Waals surface area contributed by atoms with Gasteiger partial charge in [-0.3, -0.25) is 9.59 Å². The maximum atomic E-state index is 13.1. The first kappa shape index (κ1) is 22.2. The van der Waals surface area contributed by atoms with Gasteiger partial charge in [-0.05, 0) is 39.3 Å². The molecule has 6 heteroatoms. The number of carboxylic acids is 1. The number of phenols is 1. The Hall–Kier alpha value is -2.50. The molecule has 0 saturated heterocycles. The van der Waals surface area contributed by atoms with Gasteiger partial charge in [-0.1, -0.05) is 33.1 Å². The zero-order valence-electron chi connectivity index (χ0n) is 18.4. The van der Waals surface area contributed by atoms with Crippen LogP contribution in [-0.2, 0) is 4.79 Å². The van der Waals surface area contributed by atoms with E-state index in [1.165, 1.54) is 0 Å². The van der Waals surface area contributed by atoms with Crippen molar-refractivity contribution in [2.75, 3.05) is 0 Å². The van der Waals surface area contributed by atoms with Crippen LogP contribution in [0.3, 0.4) is 0 Å². The molecule has 2 aliphatic heterocycles. The van der Waals surface area contributed by atoms with Crippen LogP contribution in [0.15, 0.2) is 6.08 Å². The van der Waals surface area contributed by atoms with Gasteiger partial charge in [0.1, 0.15) is 34.5 Å². The van der Waals surface area contributed by atoms with Gasteiger partial charge in [0.15, 0.2) is 5.78 Å². The smallest absolute Gasteiger partial charge is 0.303 e. The fourth-order valence-corrected chi connectivity index (χ4v) is 4.23. The van der Waals surface area contributed by atoms with Crippen LogP contribution in [0.4, 0.5) is 0 Å². The van der Waals surface area contributed by atoms with Crippen molar-refractivity contribution in [3.05, 3.63) is 22.8 Å². The molecule has 3 unspecified atom stereocenters. The normalized spacial score (nSPS) is 22.5. The average molecular weight is 417 g/mol. The molecule has 0 spiro atoms. The summed E-state index contributed by atoms with van der Waals surface area (Å²) in [4.78, 5) is 24.8. The van der Waals surface area contributed by atoms with Gasteiger partial charge in [-0.15, -0.1) is 0 Å². The molecule has 2 N–H and O–H groups in total. The highest BCUT2D eigenvalue weighted by Crippen LogP contribution is 2.53. The van der Waals surface area contributed by atoms with Gasteiger partial charge in [0.05, 0.1) is 17.9 Å². The molecular weight excluding hydrogens is 384 g/mol. The van der Waals surface area contributed by atoms with Gasteiger partial charge >= 0.3 is 5.97 Å². The van der Waals surface area contributed by atoms with E-state index >= 15 is 0 Å². The summed E-state index contributed by atoms with van der Waals surface area (Å²) in [6, 6.07) is 0. The van der Waals surface area contributed by atoms with Gasteiger partial charge in [-0.25, -0.2) is 0 Å². The summed E-state index contributed by atoms with van der Waals surface area (Å²) < 4.78 is 12.4. The first-order chi connectivity index (χ1) is 14.1. The summed E-state index contributed by atoms with van der Waals surface area (Å²) >= 11 is 0. The Morgan fingerprint density at radius 1 is 1.23 bits per heavy atom. The average Bonchev–Trinajstić information content (AvgIpc) is 2.64. The molecule has 0 bridgehead atoms. The number of ether oxygens (including phenoxy) is 2. The first-order valence-electron chi connectivity index (χ1n) is 10.8. The molecule has 0 saturated carbocycles. The van der Waals surface area contributed by atoms with Crippen molar-refractivity contribution in [1.82, 2.24) is 0 Å². The van der Waals surface area contributed by atoms with Crippen LogP contribution in [0.5, 0.6) is 17.2 Å². The summed E-state index contributed by atoms with van der Waals surface area (Å²) in [6.45, 7) is 9.48. The molecule has 30 heavy (non-hydrogen) atoms. The van der Waals surface area contributed by atoms with Gasteiger partial charge in [0.25, 0.3) is 0 Å². The maximum Gasteiger partial charge on any atom is 0.303 e. The van der Waals surface area contributed by atoms with Crippen LogP contribution in [-0.4, -0.2) is 33.7 Å². The minimum Gasteiger partial charge on any atom is -0.506 e. The second kappa shape index (κ2) is 8.32. The lowest BCUT2D eigenvalue weighted by atomic mass is 9.81. The number of ketones is 1. The third-order valence-electron chi connectivity index (χ3n) is 6.12. The molecule has 2 aliphatic rings. The number of carboxylic acid groups (broad SMARTS) is 1. The lowest BCUT2D eigenvalue weighted by Gasteiger charge is -2.37. The van der Waals surface area contributed by atoms with Crippen molar-refractivity contribution in [3.63, 3.8) is 0 Å². The van der Waals surface area contributed by atoms with E-state index in [2.05, 4.69) is 6.92 Å². The molecule has 164 valence electrons. The fourth-order valence-electron chi connectivity index (χ4n) is 4.23. The highest BCUT2D eigenvalue weighted by molar-refractivity contribution is 6.06. The lowest BCUT2D eigenvalue weighted by molar-refractivity contribution is -0.137. The molecule has 2 heterocycles. The monoisotopic (exact) mass is 416 g/mol. The van der Waals surface area contributed by atoms with Gasteiger partial charge in [0, 0.05) is 11.5 Å². The summed E-state index contributed by atoms with van der Waals surface area (Å²) in [6.07, 6.45) is 6.61. The predicted molar refractivity (Wildman–Crippen MR) is 115 cm³/mol. The fraction of sp³-hybridized carbons (Fsp3) is 0.583. The Bertz CT molecular complexity index is 882. The van der Waals surface area contributed by atoms with Gasteiger partial charge < -0.3 is 19.7 Å². The number of hydrogen-bond donors (Lipinski definition) is 2. The third kappa shape index (κ3) is 4.05. The van der Waals surface area contributed by atoms with Crippen LogP contribution in [0.2, 0.25) is 0 Å². The number of benzene rings is 1. The number of rotatable bonds is 7. The van der Waals surface area contributed by atoms with Crippen molar-refractivity contribution in [1.29, 1.82) is 0 Å². The quantitative estimate of drug-likeness (QED) is 0.585. The van der Waals surface area contributed by atoms with Gasteiger partial charge in [-0.2, -0.15) is 0 Å². The number of carbonyl (C=O) groups is 2. The second-order valence-electron chi connectivity index (χ2n) is 9.01. The molecule has 1 aromatic rings. The zero-order chi connectivity index (χ0) is 22.2. The van der Waals surface area contributed by atoms with Crippen LogP contribution < -0.4 is 9.47 Å². The molecule has 3 atom stereocenters. The molecule has 0 aliphatic carbocycles. The third-order valence-corrected chi connectivity index (χ3v) is 6.12. The number of phenolic OH excluding ortho intramolecular Hbond substituents is 1. The number of aromatic hydroxyl groups is 1. The molecule has 0 aromatic heterocycles. The minimum atomic E-state index is -0.916. The largest absolute Gasteiger partial charge is 0.506 e. The van der Waals surface area contributed by atoms with E-state index in [4.69, 9.17) is 9.47 Å². The van der Waals surface area contributed by atoms with Crippen molar-refractivity contribution in [2.45, 2.75) is 84.3 Å². The number of carbonyl (C=O) groups excluding carboxylic acids is 1. The standard InChI is InChI=1S/C24H32O6/c1-6-7-8-9-15(12-17(25)26)18-22-16(10-11-24(4,5)30-22)21(28)19-20(27)13(2)14(3)29-23(18)19/h10-11,13-15,28H,6-9,12H2,1-5H3,(H,25,26). The SMILES string of the molecule is CCCCCC(CC(=O)O)c1c2c(c(O)c3c1OC(C)C(C)C3=O)C=CC(C)(C)O2. The highest BCUT2D eigenvalue weighted by atomic mass is 16.5. The van der Waals surface area contributed by atoms with Gasteiger partial charge in [0.2, 0.25) is 0 Å². The molecule has 0 radical (unpaired) electrons. The van der Waals surface area contributed by atoms with Crippen molar-refractivity contribution >= 4 is 17.8 Å². The Labute approximate surface area is 177 Å². The van der Waals surface area contributed by atoms with Crippen LogP contribution in [0.1, 0.15) is 94.1 Å². The van der Waals surface area contributed by atoms with E-state index in [1.807, 2.05) is 26.8 Å². The van der Waals surface area contributed by atoms with E-state index in [9.17, 15) is 19.8 Å².